The van der Waals surface area contributed by atoms with Crippen molar-refractivity contribution in [1.82, 2.24) is 0 Å². The van der Waals surface area contributed by atoms with Gasteiger partial charge in [-0.2, -0.15) is 0 Å². The maximum atomic E-state index is 4.20. The van der Waals surface area contributed by atoms with Gasteiger partial charge in [-0.1, -0.05) is 49.2 Å². The zero-order valence-electron chi connectivity index (χ0n) is 11.1. The molecule has 0 atom stereocenters. The van der Waals surface area contributed by atoms with Crippen molar-refractivity contribution in [3.63, 3.8) is 0 Å². The molecule has 90 valence electrons. The molecule has 0 heterocycles. The second kappa shape index (κ2) is 5.92. The topological polar surface area (TPSA) is 0 Å². The average molecular weight is 244 g/mol. The molecule has 0 N–H and O–H groups in total. The van der Waals surface area contributed by atoms with Crippen LogP contribution in [0.3, 0.4) is 0 Å². The van der Waals surface area contributed by atoms with E-state index in [1.54, 1.807) is 11.8 Å². The normalized spacial score (nSPS) is 11.4. The molecule has 0 unspecified atom stereocenters. The van der Waals surface area contributed by atoms with Crippen LogP contribution in [0.25, 0.3) is 4.91 Å². The van der Waals surface area contributed by atoms with Crippen LogP contribution in [0.15, 0.2) is 47.9 Å². The fourth-order valence-corrected chi connectivity index (χ4v) is 2.81. The van der Waals surface area contributed by atoms with Gasteiger partial charge in [-0.25, -0.2) is 0 Å². The summed E-state index contributed by atoms with van der Waals surface area (Å²) in [4.78, 5) is 2.29. The third-order valence-corrected chi connectivity index (χ3v) is 3.93. The van der Waals surface area contributed by atoms with E-state index < -0.39 is 0 Å². The van der Waals surface area contributed by atoms with Crippen molar-refractivity contribution >= 4 is 16.7 Å². The highest BCUT2D eigenvalue weighted by Crippen LogP contribution is 2.37. The van der Waals surface area contributed by atoms with Gasteiger partial charge < -0.3 is 0 Å². The van der Waals surface area contributed by atoms with Gasteiger partial charge in [-0.05, 0) is 50.0 Å². The average Bonchev–Trinajstić information content (AvgIpc) is 2.25. The largest absolute Gasteiger partial charge is 0.0950 e. The molecule has 0 aliphatic heterocycles. The summed E-state index contributed by atoms with van der Waals surface area (Å²) in [6.45, 7) is 16.5. The predicted molar refractivity (Wildman–Crippen MR) is 81.1 cm³/mol. The highest BCUT2D eigenvalue weighted by Gasteiger charge is 2.09. The molecule has 0 amide bonds. The Hall–Kier alpha value is -1.21. The van der Waals surface area contributed by atoms with E-state index in [0.717, 1.165) is 10.5 Å². The second-order valence-electron chi connectivity index (χ2n) is 4.23. The Balaban J connectivity index is 3.02. The van der Waals surface area contributed by atoms with Gasteiger partial charge in [0.1, 0.15) is 0 Å². The maximum Gasteiger partial charge on any atom is 0.0128 e. The van der Waals surface area contributed by atoms with E-state index >= 15 is 0 Å². The van der Waals surface area contributed by atoms with Crippen LogP contribution >= 0.6 is 11.8 Å². The SMILES string of the molecule is C=C(C)/C(=C/C)SC(=C)c1c(C)cccc1C. The first-order chi connectivity index (χ1) is 7.97. The zero-order chi connectivity index (χ0) is 13.0. The fourth-order valence-electron chi connectivity index (χ4n) is 1.83. The van der Waals surface area contributed by atoms with Gasteiger partial charge in [0, 0.05) is 9.81 Å². The summed E-state index contributed by atoms with van der Waals surface area (Å²) in [5.74, 6) is 0. The number of thioether (sulfide) groups is 1. The van der Waals surface area contributed by atoms with Gasteiger partial charge in [0.25, 0.3) is 0 Å². The van der Waals surface area contributed by atoms with Gasteiger partial charge in [-0.15, -0.1) is 0 Å². The number of benzene rings is 1. The molecular weight excluding hydrogens is 224 g/mol. The first kappa shape index (κ1) is 13.9. The predicted octanol–water partition coefficient (Wildman–Crippen LogP) is 5.49. The lowest BCUT2D eigenvalue weighted by atomic mass is 10.0. The number of hydrogen-bond donors (Lipinski definition) is 0. The van der Waals surface area contributed by atoms with Crippen LogP contribution in [0, 0.1) is 13.8 Å². The molecule has 0 aromatic heterocycles. The Kier molecular flexibility index (Phi) is 4.83. The summed E-state index contributed by atoms with van der Waals surface area (Å²) in [6, 6.07) is 6.34. The monoisotopic (exact) mass is 244 g/mol. The van der Waals surface area contributed by atoms with Crippen molar-refractivity contribution in [2.45, 2.75) is 27.7 Å². The smallest absolute Gasteiger partial charge is 0.0128 e. The first-order valence-electron chi connectivity index (χ1n) is 5.73. The van der Waals surface area contributed by atoms with Gasteiger partial charge in [-0.3, -0.25) is 0 Å². The summed E-state index contributed by atoms with van der Waals surface area (Å²) in [6.07, 6.45) is 2.09. The Morgan fingerprint density at radius 2 is 1.71 bits per heavy atom. The summed E-state index contributed by atoms with van der Waals surface area (Å²) in [5, 5.41) is 0. The molecule has 0 nitrogen and oxygen atoms in total. The number of allylic oxidation sites excluding steroid dienone is 2. The molecule has 0 spiro atoms. The third kappa shape index (κ3) is 3.37. The lowest BCUT2D eigenvalue weighted by Gasteiger charge is -2.14. The molecule has 1 aromatic carbocycles. The van der Waals surface area contributed by atoms with Crippen molar-refractivity contribution in [3.05, 3.63) is 64.6 Å². The highest BCUT2D eigenvalue weighted by molar-refractivity contribution is 8.12. The van der Waals surface area contributed by atoms with Crippen molar-refractivity contribution in [2.75, 3.05) is 0 Å². The Morgan fingerprint density at radius 3 is 2.12 bits per heavy atom. The zero-order valence-corrected chi connectivity index (χ0v) is 11.9. The van der Waals surface area contributed by atoms with Crippen LogP contribution in [0.5, 0.6) is 0 Å². The summed E-state index contributed by atoms with van der Waals surface area (Å²) in [5.41, 5.74) is 4.90. The number of aryl methyl sites for hydroxylation is 2. The summed E-state index contributed by atoms with van der Waals surface area (Å²) in [7, 11) is 0. The quantitative estimate of drug-likeness (QED) is 0.631. The maximum absolute atomic E-state index is 4.20. The van der Waals surface area contributed by atoms with Crippen molar-refractivity contribution in [3.8, 4) is 0 Å². The van der Waals surface area contributed by atoms with Crippen molar-refractivity contribution < 1.29 is 0 Å². The van der Waals surface area contributed by atoms with Crippen LogP contribution in [-0.2, 0) is 0 Å². The number of rotatable bonds is 4. The standard InChI is InChI=1S/C16H20S/c1-7-15(11(2)3)17-14(6)16-12(4)9-8-10-13(16)5/h7-10H,2,6H2,1,3-5H3/b15-7-. The Labute approximate surface area is 109 Å². The minimum absolute atomic E-state index is 1.09. The Morgan fingerprint density at radius 1 is 1.18 bits per heavy atom. The molecule has 1 aromatic rings. The van der Waals surface area contributed by atoms with E-state index in [0.29, 0.717) is 0 Å². The van der Waals surface area contributed by atoms with Crippen LogP contribution in [0.1, 0.15) is 30.5 Å². The van der Waals surface area contributed by atoms with Gasteiger partial charge in [0.05, 0.1) is 0 Å². The van der Waals surface area contributed by atoms with Crippen molar-refractivity contribution in [1.29, 1.82) is 0 Å². The molecule has 0 bridgehead atoms. The minimum Gasteiger partial charge on any atom is -0.0950 e. The lowest BCUT2D eigenvalue weighted by molar-refractivity contribution is 1.35. The minimum atomic E-state index is 1.09. The fraction of sp³-hybridized carbons (Fsp3) is 0.250. The van der Waals surface area contributed by atoms with E-state index in [2.05, 4.69) is 51.3 Å². The molecule has 1 heteroatoms. The van der Waals surface area contributed by atoms with Crippen LogP contribution < -0.4 is 0 Å². The second-order valence-corrected chi connectivity index (χ2v) is 5.36. The lowest BCUT2D eigenvalue weighted by Crippen LogP contribution is -1.90. The summed E-state index contributed by atoms with van der Waals surface area (Å²) >= 11 is 1.70. The van der Waals surface area contributed by atoms with E-state index in [9.17, 15) is 0 Å². The molecule has 17 heavy (non-hydrogen) atoms. The van der Waals surface area contributed by atoms with Gasteiger partial charge in [0.15, 0.2) is 0 Å². The van der Waals surface area contributed by atoms with Gasteiger partial charge >= 0.3 is 0 Å². The molecule has 1 rings (SSSR count). The number of hydrogen-bond acceptors (Lipinski definition) is 1. The van der Waals surface area contributed by atoms with Crippen molar-refractivity contribution in [2.24, 2.45) is 0 Å². The van der Waals surface area contributed by atoms with Crippen LogP contribution in [-0.4, -0.2) is 0 Å². The Bertz CT molecular complexity index is 458. The molecule has 0 aliphatic rings. The molecule has 0 saturated carbocycles. The molecule has 0 aliphatic carbocycles. The highest BCUT2D eigenvalue weighted by atomic mass is 32.2. The van der Waals surface area contributed by atoms with E-state index in [-0.39, 0.29) is 0 Å². The van der Waals surface area contributed by atoms with E-state index in [1.807, 2.05) is 13.8 Å². The molecule has 0 saturated heterocycles. The van der Waals surface area contributed by atoms with Gasteiger partial charge in [0.2, 0.25) is 0 Å². The first-order valence-corrected chi connectivity index (χ1v) is 6.54. The van der Waals surface area contributed by atoms with Crippen LogP contribution in [0.2, 0.25) is 0 Å². The van der Waals surface area contributed by atoms with E-state index in [1.165, 1.54) is 21.6 Å². The summed E-state index contributed by atoms with van der Waals surface area (Å²) < 4.78 is 0. The molecular formula is C16H20S. The molecule has 0 fully saturated rings. The van der Waals surface area contributed by atoms with Crippen LogP contribution in [0.4, 0.5) is 0 Å². The third-order valence-electron chi connectivity index (χ3n) is 2.68. The molecule has 0 radical (unpaired) electrons. The van der Waals surface area contributed by atoms with E-state index in [4.69, 9.17) is 0 Å².